The van der Waals surface area contributed by atoms with E-state index in [-0.39, 0.29) is 5.91 Å². The molecular formula is C16H18ClN3O2. The molecule has 5 nitrogen and oxygen atoms in total. The number of rotatable bonds is 4. The Labute approximate surface area is 134 Å². The first-order chi connectivity index (χ1) is 10.7. The summed E-state index contributed by atoms with van der Waals surface area (Å²) >= 11 is 5.95. The number of halogens is 1. The number of nitrogens with zero attached hydrogens (tertiary/aromatic N) is 3. The van der Waals surface area contributed by atoms with Gasteiger partial charge in [-0.05, 0) is 31.4 Å². The molecule has 0 aliphatic carbocycles. The van der Waals surface area contributed by atoms with Gasteiger partial charge in [0.15, 0.2) is 0 Å². The smallest absolute Gasteiger partial charge is 0.227 e. The average Bonchev–Trinajstić information content (AvgIpc) is 3.02. The van der Waals surface area contributed by atoms with Gasteiger partial charge in [0, 0.05) is 36.5 Å². The average molecular weight is 320 g/mol. The van der Waals surface area contributed by atoms with E-state index < -0.39 is 0 Å². The predicted octanol–water partition coefficient (Wildman–Crippen LogP) is 3.34. The van der Waals surface area contributed by atoms with Gasteiger partial charge in [0.05, 0.1) is 0 Å². The molecule has 1 aliphatic heterocycles. The zero-order chi connectivity index (χ0) is 15.4. The van der Waals surface area contributed by atoms with Gasteiger partial charge >= 0.3 is 0 Å². The van der Waals surface area contributed by atoms with Crippen LogP contribution in [0.3, 0.4) is 0 Å². The van der Waals surface area contributed by atoms with Gasteiger partial charge in [-0.1, -0.05) is 28.9 Å². The maximum atomic E-state index is 12.1. The largest absolute Gasteiger partial charge is 0.343 e. The van der Waals surface area contributed by atoms with Crippen molar-refractivity contribution in [2.75, 3.05) is 13.1 Å². The molecule has 0 spiro atoms. The third kappa shape index (κ3) is 3.65. The van der Waals surface area contributed by atoms with Crippen LogP contribution in [0, 0.1) is 0 Å². The Morgan fingerprint density at radius 2 is 2.09 bits per heavy atom. The maximum Gasteiger partial charge on any atom is 0.227 e. The predicted molar refractivity (Wildman–Crippen MR) is 83.5 cm³/mol. The van der Waals surface area contributed by atoms with Crippen molar-refractivity contribution in [1.82, 2.24) is 15.0 Å². The highest BCUT2D eigenvalue weighted by atomic mass is 35.5. The van der Waals surface area contributed by atoms with Gasteiger partial charge in [0.1, 0.15) is 0 Å². The van der Waals surface area contributed by atoms with Crippen molar-refractivity contribution in [2.45, 2.75) is 32.1 Å². The molecule has 22 heavy (non-hydrogen) atoms. The zero-order valence-electron chi connectivity index (χ0n) is 12.3. The van der Waals surface area contributed by atoms with E-state index in [0.29, 0.717) is 29.6 Å². The minimum Gasteiger partial charge on any atom is -0.343 e. The SMILES string of the molecule is O=C(CCc1nc(-c2cccc(Cl)c2)no1)N1CCCCC1. The third-order valence-electron chi connectivity index (χ3n) is 3.81. The Kier molecular flexibility index (Phi) is 4.73. The molecule has 0 N–H and O–H groups in total. The second kappa shape index (κ2) is 6.92. The first kappa shape index (κ1) is 15.0. The summed E-state index contributed by atoms with van der Waals surface area (Å²) < 4.78 is 5.22. The van der Waals surface area contributed by atoms with Crippen molar-refractivity contribution in [2.24, 2.45) is 0 Å². The van der Waals surface area contributed by atoms with Crippen LogP contribution in [-0.2, 0) is 11.2 Å². The number of piperidine rings is 1. The molecule has 1 aliphatic rings. The van der Waals surface area contributed by atoms with E-state index in [0.717, 1.165) is 31.5 Å². The number of hydrogen-bond donors (Lipinski definition) is 0. The lowest BCUT2D eigenvalue weighted by molar-refractivity contribution is -0.132. The first-order valence-corrected chi connectivity index (χ1v) is 7.96. The molecule has 1 fully saturated rings. The van der Waals surface area contributed by atoms with Crippen molar-refractivity contribution in [3.05, 3.63) is 35.2 Å². The fraction of sp³-hybridized carbons (Fsp3) is 0.438. The molecule has 3 rings (SSSR count). The summed E-state index contributed by atoms with van der Waals surface area (Å²) in [6, 6.07) is 7.30. The Balaban J connectivity index is 1.59. The van der Waals surface area contributed by atoms with Crippen molar-refractivity contribution < 1.29 is 9.32 Å². The Morgan fingerprint density at radius 3 is 2.86 bits per heavy atom. The second-order valence-corrected chi connectivity index (χ2v) is 5.90. The molecule has 116 valence electrons. The molecule has 1 saturated heterocycles. The van der Waals surface area contributed by atoms with E-state index in [1.165, 1.54) is 6.42 Å². The van der Waals surface area contributed by atoms with Crippen molar-refractivity contribution in [3.8, 4) is 11.4 Å². The minimum absolute atomic E-state index is 0.169. The van der Waals surface area contributed by atoms with Gasteiger partial charge in [0.25, 0.3) is 0 Å². The molecule has 6 heteroatoms. The Hall–Kier alpha value is -1.88. The topological polar surface area (TPSA) is 59.2 Å². The fourth-order valence-corrected chi connectivity index (χ4v) is 2.81. The number of aromatic nitrogens is 2. The quantitative estimate of drug-likeness (QED) is 0.867. The third-order valence-corrected chi connectivity index (χ3v) is 4.05. The molecule has 1 aromatic carbocycles. The van der Waals surface area contributed by atoms with E-state index in [1.807, 2.05) is 17.0 Å². The zero-order valence-corrected chi connectivity index (χ0v) is 13.1. The number of likely N-dealkylation sites (tertiary alicyclic amines) is 1. The van der Waals surface area contributed by atoms with E-state index in [2.05, 4.69) is 10.1 Å². The van der Waals surface area contributed by atoms with Gasteiger partial charge in [-0.2, -0.15) is 4.98 Å². The molecule has 0 radical (unpaired) electrons. The van der Waals surface area contributed by atoms with Crippen molar-refractivity contribution in [1.29, 1.82) is 0 Å². The van der Waals surface area contributed by atoms with Crippen LogP contribution in [0.1, 0.15) is 31.6 Å². The highest BCUT2D eigenvalue weighted by molar-refractivity contribution is 6.30. The standard InChI is InChI=1S/C16H18ClN3O2/c17-13-6-4-5-12(11-13)16-18-14(22-19-16)7-8-15(21)20-9-2-1-3-10-20/h4-6,11H,1-3,7-10H2. The van der Waals surface area contributed by atoms with E-state index in [9.17, 15) is 4.79 Å². The summed E-state index contributed by atoms with van der Waals surface area (Å²) in [5.74, 6) is 1.16. The number of hydrogen-bond acceptors (Lipinski definition) is 4. The molecule has 0 unspecified atom stereocenters. The van der Waals surface area contributed by atoms with Gasteiger partial charge < -0.3 is 9.42 Å². The lowest BCUT2D eigenvalue weighted by Crippen LogP contribution is -2.35. The van der Waals surface area contributed by atoms with Crippen LogP contribution in [0.15, 0.2) is 28.8 Å². The number of aryl methyl sites for hydroxylation is 1. The van der Waals surface area contributed by atoms with Crippen LogP contribution >= 0.6 is 11.6 Å². The summed E-state index contributed by atoms with van der Waals surface area (Å²) in [5, 5.41) is 4.58. The molecule has 1 aromatic heterocycles. The molecule has 2 heterocycles. The van der Waals surface area contributed by atoms with Crippen molar-refractivity contribution >= 4 is 17.5 Å². The Morgan fingerprint density at radius 1 is 1.27 bits per heavy atom. The molecule has 0 saturated carbocycles. The van der Waals surface area contributed by atoms with Gasteiger partial charge in [-0.15, -0.1) is 0 Å². The van der Waals surface area contributed by atoms with Crippen LogP contribution in [-0.4, -0.2) is 34.0 Å². The number of amides is 1. The first-order valence-electron chi connectivity index (χ1n) is 7.59. The van der Waals surface area contributed by atoms with E-state index in [4.69, 9.17) is 16.1 Å². The normalized spacial score (nSPS) is 15.0. The molecule has 0 atom stereocenters. The minimum atomic E-state index is 0.169. The van der Waals surface area contributed by atoms with Crippen LogP contribution < -0.4 is 0 Å². The molecule has 2 aromatic rings. The van der Waals surface area contributed by atoms with Gasteiger partial charge in [-0.25, -0.2) is 0 Å². The summed E-state index contributed by atoms with van der Waals surface area (Å²) in [4.78, 5) is 18.4. The van der Waals surface area contributed by atoms with E-state index in [1.54, 1.807) is 12.1 Å². The highest BCUT2D eigenvalue weighted by Gasteiger charge is 2.17. The summed E-state index contributed by atoms with van der Waals surface area (Å²) in [6.45, 7) is 1.74. The highest BCUT2D eigenvalue weighted by Crippen LogP contribution is 2.20. The molecule has 0 bridgehead atoms. The van der Waals surface area contributed by atoms with Crippen molar-refractivity contribution in [3.63, 3.8) is 0 Å². The fourth-order valence-electron chi connectivity index (χ4n) is 2.62. The number of benzene rings is 1. The Bertz CT molecular complexity index is 650. The van der Waals surface area contributed by atoms with Crippen LogP contribution in [0.2, 0.25) is 5.02 Å². The summed E-state index contributed by atoms with van der Waals surface area (Å²) in [5.41, 5.74) is 0.810. The van der Waals surface area contributed by atoms with Crippen LogP contribution in [0.5, 0.6) is 0 Å². The molecular weight excluding hydrogens is 302 g/mol. The second-order valence-electron chi connectivity index (χ2n) is 5.46. The van der Waals surface area contributed by atoms with Crippen LogP contribution in [0.4, 0.5) is 0 Å². The lowest BCUT2D eigenvalue weighted by Gasteiger charge is -2.26. The maximum absolute atomic E-state index is 12.1. The summed E-state index contributed by atoms with van der Waals surface area (Å²) in [7, 11) is 0. The monoisotopic (exact) mass is 319 g/mol. The van der Waals surface area contributed by atoms with Gasteiger partial charge in [-0.3, -0.25) is 4.79 Å². The van der Waals surface area contributed by atoms with E-state index >= 15 is 0 Å². The van der Waals surface area contributed by atoms with Gasteiger partial charge in [0.2, 0.25) is 17.6 Å². The number of carbonyl (C=O) groups excluding carboxylic acids is 1. The summed E-state index contributed by atoms with van der Waals surface area (Å²) in [6.07, 6.45) is 4.31. The lowest BCUT2D eigenvalue weighted by atomic mass is 10.1. The van der Waals surface area contributed by atoms with Crippen LogP contribution in [0.25, 0.3) is 11.4 Å². The molecule has 1 amide bonds. The number of carbonyl (C=O) groups is 1.